The number of unbranched alkanes of at least 4 members (excludes halogenated alkanes) is 1. The summed E-state index contributed by atoms with van der Waals surface area (Å²) >= 11 is 0. The SMILES string of the molecule is CCCCNc1cc(=O)n2[nH]ccc2n1. The average Bonchev–Trinajstić information content (AvgIpc) is 2.66. The van der Waals surface area contributed by atoms with Crippen LogP contribution in [-0.2, 0) is 0 Å². The number of aromatic amines is 1. The van der Waals surface area contributed by atoms with Crippen molar-refractivity contribution in [2.75, 3.05) is 11.9 Å². The molecule has 2 N–H and O–H groups in total. The normalized spacial score (nSPS) is 10.7. The second-order valence-corrected chi connectivity index (χ2v) is 3.42. The standard InChI is InChI=1S/C10H14N4O/c1-2-3-5-11-8-7-10(15)14-9(13-8)4-6-12-14/h4,6-7,11-12H,2-3,5H2,1H3. The number of nitrogens with one attached hydrogen (secondary N) is 2. The van der Waals surface area contributed by atoms with E-state index < -0.39 is 0 Å². The van der Waals surface area contributed by atoms with Crippen molar-refractivity contribution < 1.29 is 0 Å². The lowest BCUT2D eigenvalue weighted by Gasteiger charge is -2.03. The third kappa shape index (κ3) is 2.01. The lowest BCUT2D eigenvalue weighted by molar-refractivity contribution is 0.827. The van der Waals surface area contributed by atoms with Crippen LogP contribution in [0.25, 0.3) is 5.65 Å². The number of anilines is 1. The van der Waals surface area contributed by atoms with Gasteiger partial charge in [-0.3, -0.25) is 9.89 Å². The Kier molecular flexibility index (Phi) is 2.71. The molecule has 0 radical (unpaired) electrons. The van der Waals surface area contributed by atoms with E-state index in [9.17, 15) is 4.79 Å². The topological polar surface area (TPSA) is 62.2 Å². The zero-order chi connectivity index (χ0) is 10.7. The molecule has 2 aromatic heterocycles. The van der Waals surface area contributed by atoms with Crippen LogP contribution in [-0.4, -0.2) is 21.1 Å². The quantitative estimate of drug-likeness (QED) is 0.740. The van der Waals surface area contributed by atoms with Gasteiger partial charge in [0.25, 0.3) is 5.56 Å². The van der Waals surface area contributed by atoms with E-state index in [-0.39, 0.29) is 5.56 Å². The summed E-state index contributed by atoms with van der Waals surface area (Å²) in [5, 5.41) is 5.93. The van der Waals surface area contributed by atoms with Gasteiger partial charge in [-0.25, -0.2) is 9.50 Å². The Morgan fingerprint density at radius 3 is 3.27 bits per heavy atom. The van der Waals surface area contributed by atoms with Crippen molar-refractivity contribution in [1.82, 2.24) is 14.6 Å². The zero-order valence-corrected chi connectivity index (χ0v) is 8.66. The second-order valence-electron chi connectivity index (χ2n) is 3.42. The number of hydrogen-bond acceptors (Lipinski definition) is 3. The number of aromatic nitrogens is 3. The van der Waals surface area contributed by atoms with Crippen molar-refractivity contribution in [2.24, 2.45) is 0 Å². The van der Waals surface area contributed by atoms with Gasteiger partial charge in [-0.1, -0.05) is 13.3 Å². The van der Waals surface area contributed by atoms with Gasteiger partial charge in [0.1, 0.15) is 5.82 Å². The predicted octanol–water partition coefficient (Wildman–Crippen LogP) is 1.23. The smallest absolute Gasteiger partial charge is 0.274 e. The maximum Gasteiger partial charge on any atom is 0.274 e. The summed E-state index contributed by atoms with van der Waals surface area (Å²) in [6.45, 7) is 2.98. The van der Waals surface area contributed by atoms with Gasteiger partial charge >= 0.3 is 0 Å². The molecule has 15 heavy (non-hydrogen) atoms. The first-order chi connectivity index (χ1) is 7.31. The number of nitrogens with zero attached hydrogens (tertiary/aromatic N) is 2. The highest BCUT2D eigenvalue weighted by atomic mass is 16.1. The van der Waals surface area contributed by atoms with Gasteiger partial charge in [0.05, 0.1) is 0 Å². The van der Waals surface area contributed by atoms with Crippen LogP contribution in [0.4, 0.5) is 5.82 Å². The van der Waals surface area contributed by atoms with Gasteiger partial charge in [0, 0.05) is 24.9 Å². The third-order valence-electron chi connectivity index (χ3n) is 2.22. The fourth-order valence-electron chi connectivity index (χ4n) is 1.41. The van der Waals surface area contributed by atoms with Crippen LogP contribution in [0, 0.1) is 0 Å². The van der Waals surface area contributed by atoms with Crippen LogP contribution in [0.5, 0.6) is 0 Å². The van der Waals surface area contributed by atoms with Crippen molar-refractivity contribution in [3.8, 4) is 0 Å². The van der Waals surface area contributed by atoms with Gasteiger partial charge in [-0.15, -0.1) is 0 Å². The molecule has 0 aliphatic heterocycles. The molecule has 0 saturated heterocycles. The fourth-order valence-corrected chi connectivity index (χ4v) is 1.41. The minimum Gasteiger partial charge on any atom is -0.370 e. The van der Waals surface area contributed by atoms with Crippen LogP contribution >= 0.6 is 0 Å². The fraction of sp³-hybridized carbons (Fsp3) is 0.400. The minimum absolute atomic E-state index is 0.0935. The third-order valence-corrected chi connectivity index (χ3v) is 2.22. The van der Waals surface area contributed by atoms with E-state index in [0.717, 1.165) is 19.4 Å². The Balaban J connectivity index is 2.25. The van der Waals surface area contributed by atoms with Crippen LogP contribution in [0.3, 0.4) is 0 Å². The van der Waals surface area contributed by atoms with E-state index in [1.54, 1.807) is 12.3 Å². The van der Waals surface area contributed by atoms with Gasteiger partial charge < -0.3 is 5.32 Å². The molecular formula is C10H14N4O. The van der Waals surface area contributed by atoms with E-state index in [2.05, 4.69) is 22.3 Å². The molecule has 2 heterocycles. The first kappa shape index (κ1) is 9.76. The molecule has 0 aliphatic rings. The van der Waals surface area contributed by atoms with Crippen LogP contribution in [0.2, 0.25) is 0 Å². The number of hydrogen-bond donors (Lipinski definition) is 2. The van der Waals surface area contributed by atoms with Crippen LogP contribution in [0.15, 0.2) is 23.1 Å². The van der Waals surface area contributed by atoms with Crippen LogP contribution < -0.4 is 10.9 Å². The summed E-state index contributed by atoms with van der Waals surface area (Å²) in [5.74, 6) is 0.646. The van der Waals surface area contributed by atoms with Crippen molar-refractivity contribution in [3.63, 3.8) is 0 Å². The molecule has 0 bridgehead atoms. The van der Waals surface area contributed by atoms with Gasteiger partial charge in [-0.05, 0) is 6.42 Å². The summed E-state index contributed by atoms with van der Waals surface area (Å²) in [7, 11) is 0. The molecule has 5 heteroatoms. The Labute approximate surface area is 87.1 Å². The molecule has 0 fully saturated rings. The first-order valence-corrected chi connectivity index (χ1v) is 5.12. The Bertz CT molecular complexity index is 499. The molecule has 0 aliphatic carbocycles. The Morgan fingerprint density at radius 1 is 1.60 bits per heavy atom. The zero-order valence-electron chi connectivity index (χ0n) is 8.66. The molecule has 80 valence electrons. The highest BCUT2D eigenvalue weighted by molar-refractivity contribution is 5.45. The second kappa shape index (κ2) is 4.16. The molecule has 0 saturated carbocycles. The predicted molar refractivity (Wildman–Crippen MR) is 59.2 cm³/mol. The molecule has 0 spiro atoms. The largest absolute Gasteiger partial charge is 0.370 e. The van der Waals surface area contributed by atoms with Crippen molar-refractivity contribution in [3.05, 3.63) is 28.7 Å². The lowest BCUT2D eigenvalue weighted by Crippen LogP contribution is -2.16. The molecule has 0 unspecified atom stereocenters. The van der Waals surface area contributed by atoms with E-state index >= 15 is 0 Å². The first-order valence-electron chi connectivity index (χ1n) is 5.12. The number of H-pyrrole nitrogens is 1. The maximum atomic E-state index is 11.5. The highest BCUT2D eigenvalue weighted by Crippen LogP contribution is 2.02. The van der Waals surface area contributed by atoms with E-state index in [0.29, 0.717) is 11.5 Å². The molecule has 0 amide bonds. The summed E-state index contributed by atoms with van der Waals surface area (Å²) in [6.07, 6.45) is 3.89. The molecule has 5 nitrogen and oxygen atoms in total. The molecule has 2 rings (SSSR count). The summed E-state index contributed by atoms with van der Waals surface area (Å²) in [6, 6.07) is 3.27. The number of rotatable bonds is 4. The molecule has 0 aromatic carbocycles. The number of fused-ring (bicyclic) bond motifs is 1. The van der Waals surface area contributed by atoms with Gasteiger partial charge in [0.15, 0.2) is 5.65 Å². The van der Waals surface area contributed by atoms with E-state index in [1.165, 1.54) is 10.6 Å². The Morgan fingerprint density at radius 2 is 2.47 bits per heavy atom. The van der Waals surface area contributed by atoms with E-state index in [1.807, 2.05) is 0 Å². The minimum atomic E-state index is -0.0935. The van der Waals surface area contributed by atoms with Crippen molar-refractivity contribution in [1.29, 1.82) is 0 Å². The lowest BCUT2D eigenvalue weighted by atomic mass is 10.3. The monoisotopic (exact) mass is 206 g/mol. The average molecular weight is 206 g/mol. The summed E-state index contributed by atoms with van der Waals surface area (Å²) in [4.78, 5) is 15.8. The van der Waals surface area contributed by atoms with Gasteiger partial charge in [-0.2, -0.15) is 0 Å². The maximum absolute atomic E-state index is 11.5. The summed E-state index contributed by atoms with van der Waals surface area (Å²) in [5.41, 5.74) is 0.547. The van der Waals surface area contributed by atoms with Crippen molar-refractivity contribution in [2.45, 2.75) is 19.8 Å². The van der Waals surface area contributed by atoms with E-state index in [4.69, 9.17) is 0 Å². The highest BCUT2D eigenvalue weighted by Gasteiger charge is 2.01. The molecule has 2 aromatic rings. The summed E-state index contributed by atoms with van der Waals surface area (Å²) < 4.78 is 1.41. The van der Waals surface area contributed by atoms with Crippen molar-refractivity contribution >= 4 is 11.5 Å². The molecular weight excluding hydrogens is 192 g/mol. The van der Waals surface area contributed by atoms with Crippen LogP contribution in [0.1, 0.15) is 19.8 Å². The van der Waals surface area contributed by atoms with Gasteiger partial charge in [0.2, 0.25) is 0 Å². The Hall–Kier alpha value is -1.78. The molecule has 0 atom stereocenters.